The number of pyridine rings is 1. The van der Waals surface area contributed by atoms with E-state index in [0.717, 1.165) is 36.5 Å². The summed E-state index contributed by atoms with van der Waals surface area (Å²) in [5.41, 5.74) is 4.96. The molecule has 1 aliphatic carbocycles. The van der Waals surface area contributed by atoms with Crippen molar-refractivity contribution in [2.75, 3.05) is 6.54 Å². The standard InChI is InChI=1S/C17H17N5O2.ClH/c1-9-15(12-4-5-18-7-11(12)8-19-9)16-20-17(24-22-16)13-6-14(23-21-13)10-2-3-10;/h6,8,10,18H,2-5,7H2,1H3;1H. The molecule has 0 atom stereocenters. The van der Waals surface area contributed by atoms with Crippen LogP contribution in [0.5, 0.6) is 0 Å². The fourth-order valence-electron chi connectivity index (χ4n) is 3.25. The van der Waals surface area contributed by atoms with Crippen LogP contribution >= 0.6 is 12.4 Å². The van der Waals surface area contributed by atoms with Gasteiger partial charge < -0.3 is 14.4 Å². The minimum absolute atomic E-state index is 0. The van der Waals surface area contributed by atoms with Crippen LogP contribution in [0, 0.1) is 6.92 Å². The maximum Gasteiger partial charge on any atom is 0.280 e. The molecule has 25 heavy (non-hydrogen) atoms. The van der Waals surface area contributed by atoms with Crippen LogP contribution in [0.1, 0.15) is 41.3 Å². The predicted molar refractivity (Wildman–Crippen MR) is 92.4 cm³/mol. The third kappa shape index (κ3) is 2.83. The Morgan fingerprint density at radius 3 is 2.92 bits per heavy atom. The summed E-state index contributed by atoms with van der Waals surface area (Å²) in [5, 5.41) is 11.6. The molecule has 0 unspecified atom stereocenters. The van der Waals surface area contributed by atoms with Crippen LogP contribution in [0.4, 0.5) is 0 Å². The molecule has 8 heteroatoms. The van der Waals surface area contributed by atoms with E-state index in [9.17, 15) is 0 Å². The van der Waals surface area contributed by atoms with Gasteiger partial charge in [0.25, 0.3) is 5.89 Å². The zero-order chi connectivity index (χ0) is 16.1. The van der Waals surface area contributed by atoms with Crippen molar-refractivity contribution in [2.45, 2.75) is 38.6 Å². The van der Waals surface area contributed by atoms with E-state index in [1.165, 1.54) is 24.0 Å². The molecule has 2 aliphatic rings. The zero-order valence-corrected chi connectivity index (χ0v) is 14.6. The average molecular weight is 360 g/mol. The highest BCUT2D eigenvalue weighted by Gasteiger charge is 2.29. The highest BCUT2D eigenvalue weighted by Crippen LogP contribution is 2.41. The van der Waals surface area contributed by atoms with Crippen LogP contribution in [0.3, 0.4) is 0 Å². The zero-order valence-electron chi connectivity index (χ0n) is 13.8. The van der Waals surface area contributed by atoms with Gasteiger partial charge in [0, 0.05) is 36.0 Å². The largest absolute Gasteiger partial charge is 0.360 e. The number of aromatic nitrogens is 4. The highest BCUT2D eigenvalue weighted by molar-refractivity contribution is 5.85. The van der Waals surface area contributed by atoms with Gasteiger partial charge in [-0.3, -0.25) is 4.98 Å². The minimum Gasteiger partial charge on any atom is -0.360 e. The molecular weight excluding hydrogens is 342 g/mol. The smallest absolute Gasteiger partial charge is 0.280 e. The Labute approximate surface area is 150 Å². The molecule has 0 radical (unpaired) electrons. The molecule has 1 aliphatic heterocycles. The van der Waals surface area contributed by atoms with E-state index < -0.39 is 0 Å². The lowest BCUT2D eigenvalue weighted by atomic mass is 9.95. The van der Waals surface area contributed by atoms with Crippen molar-refractivity contribution in [1.29, 1.82) is 0 Å². The Morgan fingerprint density at radius 2 is 2.08 bits per heavy atom. The first-order valence-corrected chi connectivity index (χ1v) is 8.29. The number of aryl methyl sites for hydroxylation is 1. The molecule has 3 aromatic heterocycles. The summed E-state index contributed by atoms with van der Waals surface area (Å²) >= 11 is 0. The number of nitrogens with zero attached hydrogens (tertiary/aromatic N) is 4. The predicted octanol–water partition coefficient (Wildman–Crippen LogP) is 3.04. The van der Waals surface area contributed by atoms with E-state index in [0.29, 0.717) is 23.3 Å². The maximum absolute atomic E-state index is 5.44. The molecular formula is C17H18ClN5O2. The fourth-order valence-corrected chi connectivity index (χ4v) is 3.25. The molecule has 0 aromatic carbocycles. The van der Waals surface area contributed by atoms with E-state index >= 15 is 0 Å². The lowest BCUT2D eigenvalue weighted by molar-refractivity contribution is 0.379. The first-order valence-electron chi connectivity index (χ1n) is 8.29. The monoisotopic (exact) mass is 359 g/mol. The molecule has 5 rings (SSSR count). The van der Waals surface area contributed by atoms with Gasteiger partial charge in [-0.2, -0.15) is 4.98 Å². The molecule has 0 bridgehead atoms. The summed E-state index contributed by atoms with van der Waals surface area (Å²) in [6, 6.07) is 1.91. The highest BCUT2D eigenvalue weighted by atomic mass is 35.5. The van der Waals surface area contributed by atoms with Gasteiger partial charge in [-0.25, -0.2) is 0 Å². The van der Waals surface area contributed by atoms with Crippen LogP contribution in [-0.2, 0) is 13.0 Å². The molecule has 1 fully saturated rings. The van der Waals surface area contributed by atoms with Crippen molar-refractivity contribution in [3.8, 4) is 23.0 Å². The van der Waals surface area contributed by atoms with Crippen molar-refractivity contribution in [3.63, 3.8) is 0 Å². The number of halogens is 1. The van der Waals surface area contributed by atoms with Crippen molar-refractivity contribution >= 4 is 12.4 Å². The van der Waals surface area contributed by atoms with Gasteiger partial charge in [0.2, 0.25) is 5.82 Å². The molecule has 3 aromatic rings. The number of nitrogens with one attached hydrogen (secondary N) is 1. The van der Waals surface area contributed by atoms with E-state index in [1.807, 2.05) is 19.2 Å². The SMILES string of the molecule is Cc1ncc2c(c1-c1noc(-c3cc(C4CC4)on3)n1)CCNC2.Cl. The molecule has 1 N–H and O–H groups in total. The average Bonchev–Trinajstić information content (AvgIpc) is 3.14. The second kappa shape index (κ2) is 6.24. The summed E-state index contributed by atoms with van der Waals surface area (Å²) in [7, 11) is 0. The van der Waals surface area contributed by atoms with Gasteiger partial charge >= 0.3 is 0 Å². The van der Waals surface area contributed by atoms with Crippen molar-refractivity contribution in [2.24, 2.45) is 0 Å². The van der Waals surface area contributed by atoms with Crippen molar-refractivity contribution < 1.29 is 9.05 Å². The normalized spacial score (nSPS) is 16.4. The minimum atomic E-state index is 0. The lowest BCUT2D eigenvalue weighted by Gasteiger charge is -2.19. The summed E-state index contributed by atoms with van der Waals surface area (Å²) in [6.07, 6.45) is 5.20. The van der Waals surface area contributed by atoms with Crippen molar-refractivity contribution in [3.05, 3.63) is 34.8 Å². The van der Waals surface area contributed by atoms with Gasteiger partial charge in [0.15, 0.2) is 5.69 Å². The van der Waals surface area contributed by atoms with Crippen LogP contribution in [-0.4, -0.2) is 26.8 Å². The third-order valence-corrected chi connectivity index (χ3v) is 4.71. The first kappa shape index (κ1) is 16.2. The summed E-state index contributed by atoms with van der Waals surface area (Å²) in [5.74, 6) is 2.39. The fraction of sp³-hybridized carbons (Fsp3) is 0.412. The number of rotatable bonds is 3. The van der Waals surface area contributed by atoms with E-state index in [-0.39, 0.29) is 12.4 Å². The summed E-state index contributed by atoms with van der Waals surface area (Å²) in [6.45, 7) is 3.76. The Morgan fingerprint density at radius 1 is 1.20 bits per heavy atom. The van der Waals surface area contributed by atoms with E-state index in [2.05, 4.69) is 25.6 Å². The Bertz CT molecular complexity index is 916. The molecule has 0 saturated heterocycles. The number of fused-ring (bicyclic) bond motifs is 1. The first-order chi connectivity index (χ1) is 11.8. The van der Waals surface area contributed by atoms with Crippen molar-refractivity contribution in [1.82, 2.24) is 25.6 Å². The van der Waals surface area contributed by atoms with Crippen LogP contribution in [0.15, 0.2) is 21.3 Å². The summed E-state index contributed by atoms with van der Waals surface area (Å²) < 4.78 is 10.8. The van der Waals surface area contributed by atoms with Gasteiger partial charge in [0.1, 0.15) is 5.76 Å². The van der Waals surface area contributed by atoms with Crippen LogP contribution in [0.2, 0.25) is 0 Å². The van der Waals surface area contributed by atoms with Gasteiger partial charge in [0.05, 0.1) is 0 Å². The Balaban J connectivity index is 0.00000157. The Kier molecular flexibility index (Phi) is 4.05. The summed E-state index contributed by atoms with van der Waals surface area (Å²) in [4.78, 5) is 9.04. The Hall–Kier alpha value is -2.25. The lowest BCUT2D eigenvalue weighted by Crippen LogP contribution is -2.24. The van der Waals surface area contributed by atoms with Gasteiger partial charge in [-0.05, 0) is 43.9 Å². The van der Waals surface area contributed by atoms with Crippen LogP contribution in [0.25, 0.3) is 23.0 Å². The second-order valence-electron chi connectivity index (χ2n) is 6.46. The molecule has 0 amide bonds. The molecule has 1 saturated carbocycles. The van der Waals surface area contributed by atoms with Gasteiger partial charge in [-0.1, -0.05) is 10.3 Å². The van der Waals surface area contributed by atoms with E-state index in [1.54, 1.807) is 0 Å². The third-order valence-electron chi connectivity index (χ3n) is 4.71. The van der Waals surface area contributed by atoms with Crippen LogP contribution < -0.4 is 5.32 Å². The van der Waals surface area contributed by atoms with E-state index in [4.69, 9.17) is 9.05 Å². The topological polar surface area (TPSA) is 89.9 Å². The molecule has 130 valence electrons. The molecule has 7 nitrogen and oxygen atoms in total. The number of hydrogen-bond donors (Lipinski definition) is 1. The van der Waals surface area contributed by atoms with Gasteiger partial charge in [-0.15, -0.1) is 12.4 Å². The quantitative estimate of drug-likeness (QED) is 0.768. The molecule has 0 spiro atoms. The molecule has 4 heterocycles. The number of hydrogen-bond acceptors (Lipinski definition) is 7. The maximum atomic E-state index is 5.44. The second-order valence-corrected chi connectivity index (χ2v) is 6.46.